The van der Waals surface area contributed by atoms with Gasteiger partial charge in [-0.3, -0.25) is 4.79 Å². The van der Waals surface area contributed by atoms with E-state index in [-0.39, 0.29) is 30.4 Å². The second-order valence-electron chi connectivity index (χ2n) is 9.37. The first kappa shape index (κ1) is 21.5. The highest BCUT2D eigenvalue weighted by Gasteiger charge is 2.38. The van der Waals surface area contributed by atoms with Gasteiger partial charge in [0.15, 0.2) is 0 Å². The van der Waals surface area contributed by atoms with Crippen LogP contribution in [-0.4, -0.2) is 43.8 Å². The van der Waals surface area contributed by atoms with Crippen molar-refractivity contribution in [2.45, 2.75) is 63.5 Å². The molecule has 1 aromatic heterocycles. The molecule has 7 heteroatoms. The molecule has 5 rings (SSSR count). The molecule has 2 saturated heterocycles. The zero-order valence-corrected chi connectivity index (χ0v) is 18.4. The Balaban J connectivity index is 1.22. The molecule has 0 bridgehead atoms. The largest absolute Gasteiger partial charge is 0.457 e. The van der Waals surface area contributed by atoms with Crippen molar-refractivity contribution in [3.05, 3.63) is 30.0 Å². The third-order valence-corrected chi connectivity index (χ3v) is 7.22. The first-order chi connectivity index (χ1) is 15.7. The Bertz CT molecular complexity index is 958. The van der Waals surface area contributed by atoms with Gasteiger partial charge in [-0.05, 0) is 61.9 Å². The van der Waals surface area contributed by atoms with Crippen LogP contribution in [0.15, 0.2) is 28.7 Å². The molecule has 0 spiro atoms. The molecule has 2 unspecified atom stereocenters. The summed E-state index contributed by atoms with van der Waals surface area (Å²) in [5.41, 5.74) is 1.30. The van der Waals surface area contributed by atoms with Crippen LogP contribution in [-0.2, 0) is 14.3 Å². The van der Waals surface area contributed by atoms with E-state index in [4.69, 9.17) is 13.9 Å². The van der Waals surface area contributed by atoms with Crippen LogP contribution < -0.4 is 10.6 Å². The minimum absolute atomic E-state index is 0.0215. The number of hydrogen-bond acceptors (Lipinski definition) is 6. The second kappa shape index (κ2) is 9.63. The predicted molar refractivity (Wildman–Crippen MR) is 121 cm³/mol. The molecule has 2 aromatic rings. The number of carbonyl (C=O) groups is 2. The van der Waals surface area contributed by atoms with Crippen molar-refractivity contribution in [2.24, 2.45) is 11.8 Å². The molecular weight excluding hydrogens is 408 g/mol. The summed E-state index contributed by atoms with van der Waals surface area (Å²) in [6.45, 7) is 1.87. The van der Waals surface area contributed by atoms with E-state index in [0.717, 1.165) is 37.8 Å². The number of esters is 1. The van der Waals surface area contributed by atoms with Gasteiger partial charge in [0, 0.05) is 17.7 Å². The van der Waals surface area contributed by atoms with Gasteiger partial charge in [-0.25, -0.2) is 4.79 Å². The van der Waals surface area contributed by atoms with Crippen LogP contribution in [0.5, 0.6) is 0 Å². The van der Waals surface area contributed by atoms with Crippen molar-refractivity contribution in [3.8, 4) is 0 Å². The molecule has 3 fully saturated rings. The number of ether oxygens (including phenoxy) is 2. The standard InChI is InChI=1S/C25H32N2O5/c28-24(23-20(10-11-26-23)16-5-2-1-3-6-16)27-18-8-9-21-17(13-18)14-22(32-21)25(29)31-15-19-7-4-12-30-19/h8-9,13-14,16,19-20,23,26H,1-7,10-12,15H2,(H,27,28)/t19?,20?,23-/m0/s1. The van der Waals surface area contributed by atoms with Crippen LogP contribution in [0, 0.1) is 11.8 Å². The Kier molecular flexibility index (Phi) is 6.46. The number of amides is 1. The molecule has 1 saturated carbocycles. The summed E-state index contributed by atoms with van der Waals surface area (Å²) < 4.78 is 16.5. The predicted octanol–water partition coefficient (Wildman–Crippen LogP) is 4.27. The third-order valence-electron chi connectivity index (χ3n) is 7.22. The fourth-order valence-corrected chi connectivity index (χ4v) is 5.54. The smallest absolute Gasteiger partial charge is 0.374 e. The maximum Gasteiger partial charge on any atom is 0.374 e. The molecule has 3 heterocycles. The Morgan fingerprint density at radius 2 is 1.94 bits per heavy atom. The van der Waals surface area contributed by atoms with E-state index >= 15 is 0 Å². The lowest BCUT2D eigenvalue weighted by molar-refractivity contribution is -0.119. The van der Waals surface area contributed by atoms with Crippen molar-refractivity contribution in [1.29, 1.82) is 0 Å². The summed E-state index contributed by atoms with van der Waals surface area (Å²) in [4.78, 5) is 25.4. The van der Waals surface area contributed by atoms with Gasteiger partial charge in [-0.15, -0.1) is 0 Å². The van der Waals surface area contributed by atoms with E-state index in [9.17, 15) is 9.59 Å². The molecule has 0 radical (unpaired) electrons. The molecule has 2 aliphatic heterocycles. The molecule has 1 aliphatic carbocycles. The Labute approximate surface area is 188 Å². The normalized spacial score (nSPS) is 26.4. The van der Waals surface area contributed by atoms with Crippen molar-refractivity contribution < 1.29 is 23.5 Å². The number of carbonyl (C=O) groups excluding carboxylic acids is 2. The highest BCUT2D eigenvalue weighted by Crippen LogP contribution is 2.36. The monoisotopic (exact) mass is 440 g/mol. The van der Waals surface area contributed by atoms with Gasteiger partial charge in [-0.2, -0.15) is 0 Å². The number of hydrogen-bond donors (Lipinski definition) is 2. The molecular formula is C25H32N2O5. The molecule has 1 aromatic carbocycles. The number of fused-ring (bicyclic) bond motifs is 1. The van der Waals surface area contributed by atoms with E-state index in [1.807, 2.05) is 12.1 Å². The SMILES string of the molecule is O=C(OCC1CCCO1)c1cc2cc(NC(=O)[C@H]3NCCC3C3CCCCC3)ccc2o1. The van der Waals surface area contributed by atoms with Gasteiger partial charge in [0.05, 0.1) is 12.1 Å². The molecule has 3 aliphatic rings. The average Bonchev–Trinajstić information content (AvgIpc) is 3.58. The summed E-state index contributed by atoms with van der Waals surface area (Å²) >= 11 is 0. The van der Waals surface area contributed by atoms with Crippen molar-refractivity contribution in [3.63, 3.8) is 0 Å². The van der Waals surface area contributed by atoms with E-state index in [1.54, 1.807) is 12.1 Å². The van der Waals surface area contributed by atoms with Crippen LogP contribution in [0.25, 0.3) is 11.0 Å². The van der Waals surface area contributed by atoms with Crippen LogP contribution >= 0.6 is 0 Å². The van der Waals surface area contributed by atoms with Crippen LogP contribution in [0.4, 0.5) is 5.69 Å². The number of benzene rings is 1. The highest BCUT2D eigenvalue weighted by atomic mass is 16.6. The topological polar surface area (TPSA) is 89.8 Å². The quantitative estimate of drug-likeness (QED) is 0.652. The van der Waals surface area contributed by atoms with Gasteiger partial charge in [0.25, 0.3) is 0 Å². The highest BCUT2D eigenvalue weighted by molar-refractivity contribution is 5.98. The van der Waals surface area contributed by atoms with Crippen LogP contribution in [0.2, 0.25) is 0 Å². The van der Waals surface area contributed by atoms with Crippen molar-refractivity contribution in [2.75, 3.05) is 25.1 Å². The number of furan rings is 1. The van der Waals surface area contributed by atoms with Gasteiger partial charge in [0.1, 0.15) is 12.2 Å². The van der Waals surface area contributed by atoms with Gasteiger partial charge in [0.2, 0.25) is 11.7 Å². The summed E-state index contributed by atoms with van der Waals surface area (Å²) in [6.07, 6.45) is 9.32. The van der Waals surface area contributed by atoms with Crippen LogP contribution in [0.3, 0.4) is 0 Å². The number of rotatable bonds is 6. The Morgan fingerprint density at radius 3 is 2.75 bits per heavy atom. The fraction of sp³-hybridized carbons (Fsp3) is 0.600. The lowest BCUT2D eigenvalue weighted by Crippen LogP contribution is -2.42. The second-order valence-corrected chi connectivity index (χ2v) is 9.37. The van der Waals surface area contributed by atoms with Gasteiger partial charge >= 0.3 is 5.97 Å². The zero-order valence-electron chi connectivity index (χ0n) is 18.4. The molecule has 3 atom stereocenters. The zero-order chi connectivity index (χ0) is 21.9. The maximum atomic E-state index is 13.0. The maximum absolute atomic E-state index is 13.0. The molecule has 7 nitrogen and oxygen atoms in total. The molecule has 32 heavy (non-hydrogen) atoms. The summed E-state index contributed by atoms with van der Waals surface area (Å²) in [5, 5.41) is 7.24. The van der Waals surface area contributed by atoms with Crippen molar-refractivity contribution in [1.82, 2.24) is 5.32 Å². The molecule has 1 amide bonds. The van der Waals surface area contributed by atoms with Gasteiger partial charge in [-0.1, -0.05) is 32.1 Å². The molecule has 2 N–H and O–H groups in total. The van der Waals surface area contributed by atoms with E-state index in [2.05, 4.69) is 10.6 Å². The summed E-state index contributed by atoms with van der Waals surface area (Å²) in [5.74, 6) is 0.758. The summed E-state index contributed by atoms with van der Waals surface area (Å²) in [6, 6.07) is 6.97. The summed E-state index contributed by atoms with van der Waals surface area (Å²) in [7, 11) is 0. The van der Waals surface area contributed by atoms with E-state index in [0.29, 0.717) is 23.1 Å². The lowest BCUT2D eigenvalue weighted by atomic mass is 9.76. The average molecular weight is 441 g/mol. The van der Waals surface area contributed by atoms with Crippen LogP contribution in [0.1, 0.15) is 61.9 Å². The van der Waals surface area contributed by atoms with Gasteiger partial charge < -0.3 is 24.5 Å². The fourth-order valence-electron chi connectivity index (χ4n) is 5.54. The van der Waals surface area contributed by atoms with E-state index < -0.39 is 5.97 Å². The molecule has 172 valence electrons. The number of anilines is 1. The lowest BCUT2D eigenvalue weighted by Gasteiger charge is -2.30. The van der Waals surface area contributed by atoms with Crippen molar-refractivity contribution >= 4 is 28.5 Å². The third kappa shape index (κ3) is 4.69. The Hall–Kier alpha value is -2.38. The Morgan fingerprint density at radius 1 is 1.06 bits per heavy atom. The number of nitrogens with one attached hydrogen (secondary N) is 2. The minimum Gasteiger partial charge on any atom is -0.457 e. The van der Waals surface area contributed by atoms with E-state index in [1.165, 1.54) is 32.1 Å². The first-order valence-corrected chi connectivity index (χ1v) is 12.0. The first-order valence-electron chi connectivity index (χ1n) is 12.0. The minimum atomic E-state index is -0.493.